The molecule has 8 heteroatoms. The Kier molecular flexibility index (Phi) is 5.74. The zero-order chi connectivity index (χ0) is 19.6. The molecule has 1 atom stereocenters. The van der Waals surface area contributed by atoms with Crippen LogP contribution in [-0.4, -0.2) is 47.9 Å². The lowest BCUT2D eigenvalue weighted by atomic mass is 9.97. The first-order chi connectivity index (χ1) is 12.8. The SMILES string of the molecule is Cc1[nH]c2c(F)cc(F)cc2c1CCNC(=O)C1CCCN(CC(N)=O)C1. The number of carbonyl (C=O) groups excluding carboxylic acids is 2. The molecule has 146 valence electrons. The lowest BCUT2D eigenvalue weighted by Crippen LogP contribution is -2.46. The molecule has 0 radical (unpaired) electrons. The van der Waals surface area contributed by atoms with E-state index < -0.39 is 17.5 Å². The quantitative estimate of drug-likeness (QED) is 0.713. The largest absolute Gasteiger partial charge is 0.369 e. The number of carbonyl (C=O) groups is 2. The van der Waals surface area contributed by atoms with Crippen LogP contribution in [0.5, 0.6) is 0 Å². The molecule has 1 saturated heterocycles. The first-order valence-corrected chi connectivity index (χ1v) is 9.09. The van der Waals surface area contributed by atoms with Crippen molar-refractivity contribution in [1.82, 2.24) is 15.2 Å². The number of fused-ring (bicyclic) bond motifs is 1. The van der Waals surface area contributed by atoms with Crippen molar-refractivity contribution in [3.8, 4) is 0 Å². The number of halogens is 2. The first-order valence-electron chi connectivity index (χ1n) is 9.09. The zero-order valence-electron chi connectivity index (χ0n) is 15.3. The molecule has 0 saturated carbocycles. The molecule has 0 bridgehead atoms. The fourth-order valence-electron chi connectivity index (χ4n) is 3.81. The summed E-state index contributed by atoms with van der Waals surface area (Å²) in [5.41, 5.74) is 7.06. The highest BCUT2D eigenvalue weighted by Gasteiger charge is 2.26. The standard InChI is InChI=1S/C19H24F2N4O2/c1-11-14(15-7-13(20)8-16(21)18(15)24-11)4-5-23-19(27)12-3-2-6-25(9-12)10-17(22)26/h7-8,12,24H,2-6,9-10H2,1H3,(H2,22,26)(H,23,27). The Morgan fingerprint density at radius 3 is 2.89 bits per heavy atom. The Morgan fingerprint density at radius 2 is 2.15 bits per heavy atom. The van der Waals surface area contributed by atoms with Gasteiger partial charge in [-0.3, -0.25) is 14.5 Å². The number of nitrogens with zero attached hydrogens (tertiary/aromatic N) is 1. The Labute approximate surface area is 156 Å². The summed E-state index contributed by atoms with van der Waals surface area (Å²) in [5.74, 6) is -1.90. The molecule has 1 unspecified atom stereocenters. The van der Waals surface area contributed by atoms with Crippen LogP contribution in [0.15, 0.2) is 12.1 Å². The summed E-state index contributed by atoms with van der Waals surface area (Å²) in [7, 11) is 0. The molecule has 1 aliphatic rings. The van der Waals surface area contributed by atoms with Gasteiger partial charge >= 0.3 is 0 Å². The van der Waals surface area contributed by atoms with Gasteiger partial charge in [0.25, 0.3) is 0 Å². The molecule has 27 heavy (non-hydrogen) atoms. The summed E-state index contributed by atoms with van der Waals surface area (Å²) in [6.07, 6.45) is 2.08. The fraction of sp³-hybridized carbons (Fsp3) is 0.474. The van der Waals surface area contributed by atoms with Crippen LogP contribution in [0.1, 0.15) is 24.1 Å². The molecule has 1 fully saturated rings. The molecular weight excluding hydrogens is 354 g/mol. The second kappa shape index (κ2) is 8.04. The minimum Gasteiger partial charge on any atom is -0.369 e. The van der Waals surface area contributed by atoms with Gasteiger partial charge in [-0.15, -0.1) is 0 Å². The van der Waals surface area contributed by atoms with Gasteiger partial charge in [0.2, 0.25) is 11.8 Å². The van der Waals surface area contributed by atoms with Crippen molar-refractivity contribution in [2.24, 2.45) is 11.7 Å². The number of primary amides is 1. The third kappa shape index (κ3) is 4.44. The van der Waals surface area contributed by atoms with Crippen molar-refractivity contribution >= 4 is 22.7 Å². The number of likely N-dealkylation sites (tertiary alicyclic amines) is 1. The van der Waals surface area contributed by atoms with Crippen LogP contribution in [-0.2, 0) is 16.0 Å². The molecule has 1 aliphatic heterocycles. The number of nitrogens with one attached hydrogen (secondary N) is 2. The van der Waals surface area contributed by atoms with Crippen molar-refractivity contribution < 1.29 is 18.4 Å². The molecule has 0 aliphatic carbocycles. The number of nitrogens with two attached hydrogens (primary N) is 1. The Bertz CT molecular complexity index is 865. The van der Waals surface area contributed by atoms with Crippen molar-refractivity contribution in [2.45, 2.75) is 26.2 Å². The van der Waals surface area contributed by atoms with Crippen molar-refractivity contribution in [1.29, 1.82) is 0 Å². The van der Waals surface area contributed by atoms with E-state index in [-0.39, 0.29) is 23.9 Å². The molecule has 3 rings (SSSR count). The molecule has 1 aromatic carbocycles. The lowest BCUT2D eigenvalue weighted by molar-refractivity contribution is -0.128. The summed E-state index contributed by atoms with van der Waals surface area (Å²) in [6.45, 7) is 3.61. The van der Waals surface area contributed by atoms with Gasteiger partial charge in [0, 0.05) is 30.2 Å². The highest BCUT2D eigenvalue weighted by atomic mass is 19.1. The summed E-state index contributed by atoms with van der Waals surface area (Å²) in [4.78, 5) is 28.3. The van der Waals surface area contributed by atoms with Crippen LogP contribution in [0.4, 0.5) is 8.78 Å². The summed E-state index contributed by atoms with van der Waals surface area (Å²) < 4.78 is 27.4. The van der Waals surface area contributed by atoms with Crippen LogP contribution in [0.25, 0.3) is 10.9 Å². The van der Waals surface area contributed by atoms with Crippen LogP contribution in [0, 0.1) is 24.5 Å². The molecule has 2 heterocycles. The highest BCUT2D eigenvalue weighted by Crippen LogP contribution is 2.26. The number of hydrogen-bond donors (Lipinski definition) is 3. The minimum atomic E-state index is -0.625. The van der Waals surface area contributed by atoms with E-state index in [9.17, 15) is 18.4 Å². The van der Waals surface area contributed by atoms with Crippen LogP contribution >= 0.6 is 0 Å². The molecule has 6 nitrogen and oxygen atoms in total. The molecule has 1 aromatic heterocycles. The van der Waals surface area contributed by atoms with Gasteiger partial charge in [-0.25, -0.2) is 8.78 Å². The average Bonchev–Trinajstić information content (AvgIpc) is 2.91. The molecule has 2 amide bonds. The minimum absolute atomic E-state index is 0.0703. The fourth-order valence-corrected chi connectivity index (χ4v) is 3.81. The molecule has 4 N–H and O–H groups in total. The summed E-state index contributed by atoms with van der Waals surface area (Å²) >= 11 is 0. The van der Waals surface area contributed by atoms with Crippen molar-refractivity contribution in [3.63, 3.8) is 0 Å². The monoisotopic (exact) mass is 378 g/mol. The second-order valence-electron chi connectivity index (χ2n) is 7.12. The number of hydrogen-bond acceptors (Lipinski definition) is 3. The van der Waals surface area contributed by atoms with Gasteiger partial charge in [-0.05, 0) is 44.4 Å². The van der Waals surface area contributed by atoms with E-state index in [1.165, 1.54) is 6.07 Å². The first kappa shape index (κ1) is 19.3. The maximum absolute atomic E-state index is 13.9. The topological polar surface area (TPSA) is 91.2 Å². The second-order valence-corrected chi connectivity index (χ2v) is 7.12. The predicted molar refractivity (Wildman–Crippen MR) is 98.0 cm³/mol. The van der Waals surface area contributed by atoms with Gasteiger partial charge in [-0.2, -0.15) is 0 Å². The number of aryl methyl sites for hydroxylation is 1. The smallest absolute Gasteiger partial charge is 0.231 e. The van der Waals surface area contributed by atoms with Gasteiger partial charge in [0.15, 0.2) is 0 Å². The lowest BCUT2D eigenvalue weighted by Gasteiger charge is -2.30. The summed E-state index contributed by atoms with van der Waals surface area (Å²) in [5, 5.41) is 3.41. The van der Waals surface area contributed by atoms with Gasteiger partial charge in [0.1, 0.15) is 11.6 Å². The van der Waals surface area contributed by atoms with E-state index in [4.69, 9.17) is 5.73 Å². The third-order valence-corrected chi connectivity index (χ3v) is 5.08. The number of amides is 2. The number of aromatic nitrogens is 1. The maximum Gasteiger partial charge on any atom is 0.231 e. The van der Waals surface area contributed by atoms with Crippen molar-refractivity contribution in [3.05, 3.63) is 35.0 Å². The number of aromatic amines is 1. The number of H-pyrrole nitrogens is 1. The van der Waals surface area contributed by atoms with E-state index in [2.05, 4.69) is 10.3 Å². The van der Waals surface area contributed by atoms with Crippen molar-refractivity contribution in [2.75, 3.05) is 26.2 Å². The number of rotatable bonds is 6. The summed E-state index contributed by atoms with van der Waals surface area (Å²) in [6, 6.07) is 2.16. The van der Waals surface area contributed by atoms with Gasteiger partial charge in [0.05, 0.1) is 18.0 Å². The van der Waals surface area contributed by atoms with Gasteiger partial charge in [-0.1, -0.05) is 0 Å². The van der Waals surface area contributed by atoms with E-state index >= 15 is 0 Å². The Balaban J connectivity index is 1.60. The van der Waals surface area contributed by atoms with E-state index in [1.54, 1.807) is 6.92 Å². The molecule has 0 spiro atoms. The van der Waals surface area contributed by atoms with E-state index in [1.807, 2.05) is 4.90 Å². The third-order valence-electron chi connectivity index (χ3n) is 5.08. The van der Waals surface area contributed by atoms with Gasteiger partial charge < -0.3 is 16.0 Å². The number of piperidine rings is 1. The maximum atomic E-state index is 13.9. The predicted octanol–water partition coefficient (Wildman–Crippen LogP) is 1.61. The van der Waals surface area contributed by atoms with E-state index in [0.717, 1.165) is 36.7 Å². The molecular formula is C19H24F2N4O2. The Hall–Kier alpha value is -2.48. The van der Waals surface area contributed by atoms with Crippen LogP contribution in [0.2, 0.25) is 0 Å². The molecule has 2 aromatic rings. The Morgan fingerprint density at radius 1 is 1.37 bits per heavy atom. The van der Waals surface area contributed by atoms with Crippen LogP contribution in [0.3, 0.4) is 0 Å². The van der Waals surface area contributed by atoms with E-state index in [0.29, 0.717) is 24.9 Å². The highest BCUT2D eigenvalue weighted by molar-refractivity contribution is 5.85. The zero-order valence-corrected chi connectivity index (χ0v) is 15.3. The normalized spacial score (nSPS) is 18.0. The van der Waals surface area contributed by atoms with Crippen LogP contribution < -0.4 is 11.1 Å². The average molecular weight is 378 g/mol. The number of benzene rings is 1.